The van der Waals surface area contributed by atoms with E-state index in [1.54, 1.807) is 12.1 Å². The number of fused-ring (bicyclic) bond motifs is 1. The van der Waals surface area contributed by atoms with Crippen LogP contribution in [0.25, 0.3) is 10.6 Å². The molecule has 1 aromatic carbocycles. The monoisotopic (exact) mass is 425 g/mol. The zero-order valence-electron chi connectivity index (χ0n) is 16.5. The summed E-state index contributed by atoms with van der Waals surface area (Å²) in [5.41, 5.74) is 1.99. The minimum atomic E-state index is -0.541. The van der Waals surface area contributed by atoms with Crippen LogP contribution in [0.3, 0.4) is 0 Å². The molecule has 1 aliphatic rings. The maximum Gasteiger partial charge on any atom is 0.261 e. The van der Waals surface area contributed by atoms with Gasteiger partial charge in [-0.15, -0.1) is 11.3 Å². The van der Waals surface area contributed by atoms with Gasteiger partial charge in [0.1, 0.15) is 16.4 Å². The molecule has 1 atom stereocenters. The summed E-state index contributed by atoms with van der Waals surface area (Å²) in [5, 5.41) is 3.55. The summed E-state index contributed by atoms with van der Waals surface area (Å²) in [6.07, 6.45) is 1.74. The number of pyridine rings is 1. The Morgan fingerprint density at radius 1 is 1.23 bits per heavy atom. The summed E-state index contributed by atoms with van der Waals surface area (Å²) in [6, 6.07) is 7.08. The fourth-order valence-corrected chi connectivity index (χ4v) is 4.68. The smallest absolute Gasteiger partial charge is 0.261 e. The predicted octanol–water partition coefficient (Wildman–Crippen LogP) is 3.96. The number of aromatic amines is 1. The molecule has 0 aliphatic heterocycles. The molecule has 4 rings (SSSR count). The molecule has 0 saturated heterocycles. The van der Waals surface area contributed by atoms with Gasteiger partial charge in [-0.3, -0.25) is 14.4 Å². The van der Waals surface area contributed by atoms with E-state index in [1.807, 2.05) is 13.8 Å². The number of aromatic nitrogens is 2. The van der Waals surface area contributed by atoms with Gasteiger partial charge < -0.3 is 10.3 Å². The van der Waals surface area contributed by atoms with Gasteiger partial charge in [0, 0.05) is 23.2 Å². The van der Waals surface area contributed by atoms with E-state index < -0.39 is 17.5 Å². The van der Waals surface area contributed by atoms with Crippen LogP contribution in [-0.4, -0.2) is 21.7 Å². The van der Waals surface area contributed by atoms with Crippen LogP contribution in [0.5, 0.6) is 0 Å². The molecule has 1 aliphatic carbocycles. The van der Waals surface area contributed by atoms with Gasteiger partial charge in [-0.1, -0.05) is 0 Å². The third-order valence-corrected chi connectivity index (χ3v) is 6.55. The number of hydrogen-bond donors (Lipinski definition) is 2. The highest BCUT2D eigenvalue weighted by molar-refractivity contribution is 7.15. The normalized spacial score (nSPS) is 14.3. The Balaban J connectivity index is 1.57. The summed E-state index contributed by atoms with van der Waals surface area (Å²) >= 11 is 1.40. The Kier molecular flexibility index (Phi) is 5.34. The Morgan fingerprint density at radius 2 is 1.97 bits per heavy atom. The number of thiazole rings is 1. The first-order chi connectivity index (χ1) is 14.3. The van der Waals surface area contributed by atoms with Crippen LogP contribution in [0.4, 0.5) is 4.39 Å². The fourth-order valence-electron chi connectivity index (χ4n) is 3.61. The van der Waals surface area contributed by atoms with E-state index in [-0.39, 0.29) is 17.2 Å². The minimum Gasteiger partial charge on any atom is -0.344 e. The van der Waals surface area contributed by atoms with Crippen molar-refractivity contribution >= 4 is 23.0 Å². The van der Waals surface area contributed by atoms with E-state index in [0.717, 1.165) is 21.1 Å². The highest BCUT2D eigenvalue weighted by Gasteiger charge is 2.24. The third-order valence-electron chi connectivity index (χ3n) is 5.16. The second kappa shape index (κ2) is 7.95. The molecule has 30 heavy (non-hydrogen) atoms. The van der Waals surface area contributed by atoms with E-state index in [2.05, 4.69) is 15.3 Å². The molecule has 2 heterocycles. The van der Waals surface area contributed by atoms with E-state index >= 15 is 0 Å². The Hall–Kier alpha value is -3.13. The molecule has 0 radical (unpaired) electrons. The fraction of sp³-hybridized carbons (Fsp3) is 0.273. The van der Waals surface area contributed by atoms with Crippen LogP contribution in [0, 0.1) is 12.7 Å². The van der Waals surface area contributed by atoms with Gasteiger partial charge in [-0.2, -0.15) is 0 Å². The highest BCUT2D eigenvalue weighted by Crippen LogP contribution is 2.32. The summed E-state index contributed by atoms with van der Waals surface area (Å²) in [6.45, 7) is 3.65. The number of benzene rings is 1. The Labute approximate surface area is 176 Å². The lowest BCUT2D eigenvalue weighted by molar-refractivity contribution is 0.0939. The molecule has 0 spiro atoms. The average Bonchev–Trinajstić information content (AvgIpc) is 3.10. The molecule has 2 aromatic heterocycles. The van der Waals surface area contributed by atoms with Crippen molar-refractivity contribution in [3.63, 3.8) is 0 Å². The number of ketones is 1. The molecule has 3 aromatic rings. The van der Waals surface area contributed by atoms with E-state index in [0.29, 0.717) is 30.5 Å². The van der Waals surface area contributed by atoms with Crippen molar-refractivity contribution in [3.8, 4) is 10.6 Å². The van der Waals surface area contributed by atoms with Gasteiger partial charge in [-0.25, -0.2) is 9.37 Å². The number of nitrogens with one attached hydrogen (secondary N) is 2. The number of Topliss-reactive ketones (excluding diaryl/α,β-unsaturated/α-hetero) is 1. The Bertz CT molecular complexity index is 1200. The number of hydrogen-bond acceptors (Lipinski definition) is 5. The first kappa shape index (κ1) is 20.2. The van der Waals surface area contributed by atoms with Crippen LogP contribution in [0.2, 0.25) is 0 Å². The lowest BCUT2D eigenvalue weighted by Crippen LogP contribution is -2.33. The maximum absolute atomic E-state index is 13.2. The lowest BCUT2D eigenvalue weighted by atomic mass is 9.93. The molecule has 8 heteroatoms. The van der Waals surface area contributed by atoms with E-state index in [9.17, 15) is 18.8 Å². The summed E-state index contributed by atoms with van der Waals surface area (Å²) < 4.78 is 13.2. The minimum absolute atomic E-state index is 0.0585. The van der Waals surface area contributed by atoms with Crippen molar-refractivity contribution in [3.05, 3.63) is 73.9 Å². The summed E-state index contributed by atoms with van der Waals surface area (Å²) in [7, 11) is 0. The van der Waals surface area contributed by atoms with Crippen LogP contribution in [0.1, 0.15) is 62.8 Å². The van der Waals surface area contributed by atoms with Crippen LogP contribution >= 0.6 is 11.3 Å². The topological polar surface area (TPSA) is 91.9 Å². The summed E-state index contributed by atoms with van der Waals surface area (Å²) in [4.78, 5) is 45.3. The molecule has 2 N–H and O–H groups in total. The Morgan fingerprint density at radius 3 is 2.70 bits per heavy atom. The number of carbonyl (C=O) groups excluding carboxylic acids is 2. The molecule has 0 bridgehead atoms. The quantitative estimate of drug-likeness (QED) is 0.662. The van der Waals surface area contributed by atoms with Crippen molar-refractivity contribution in [2.45, 2.75) is 39.2 Å². The number of amides is 1. The molecule has 1 amide bonds. The average molecular weight is 425 g/mol. The number of rotatable bonds is 4. The van der Waals surface area contributed by atoms with Crippen LogP contribution in [0.15, 0.2) is 35.1 Å². The van der Waals surface area contributed by atoms with Gasteiger partial charge in [0.25, 0.3) is 11.5 Å². The second-order valence-corrected chi connectivity index (χ2v) is 8.38. The van der Waals surface area contributed by atoms with E-state index in [1.165, 1.54) is 29.5 Å². The van der Waals surface area contributed by atoms with Crippen molar-refractivity contribution in [2.75, 3.05) is 0 Å². The van der Waals surface area contributed by atoms with Gasteiger partial charge in [0.05, 0.1) is 16.6 Å². The number of nitrogens with zero attached hydrogens (tertiary/aromatic N) is 1. The first-order valence-electron chi connectivity index (χ1n) is 9.67. The number of carbonyl (C=O) groups is 2. The highest BCUT2D eigenvalue weighted by atomic mass is 32.1. The predicted molar refractivity (Wildman–Crippen MR) is 112 cm³/mol. The number of halogens is 1. The zero-order chi connectivity index (χ0) is 21.4. The molecule has 1 unspecified atom stereocenters. The van der Waals surface area contributed by atoms with Gasteiger partial charge >= 0.3 is 0 Å². The molecule has 0 saturated carbocycles. The third kappa shape index (κ3) is 3.82. The zero-order valence-corrected chi connectivity index (χ0v) is 17.4. The maximum atomic E-state index is 13.2. The van der Waals surface area contributed by atoms with Gasteiger partial charge in [-0.05, 0) is 57.0 Å². The van der Waals surface area contributed by atoms with Crippen molar-refractivity contribution in [2.24, 2.45) is 0 Å². The second-order valence-electron chi connectivity index (χ2n) is 7.35. The largest absolute Gasteiger partial charge is 0.344 e. The van der Waals surface area contributed by atoms with Crippen molar-refractivity contribution in [1.29, 1.82) is 0 Å². The molecule has 0 fully saturated rings. The number of aryl methyl sites for hydroxylation is 2. The standard InChI is InChI=1S/C22H20FN3O3S/c1-11(19-12(2)25-22(30-19)13-6-8-14(23)9-7-13)24-20(28)16-10-15-17(26-21(16)29)4-3-5-18(15)27/h6-11H,3-5H2,1-2H3,(H,24,28)(H,26,29). The molecular formula is C22H20FN3O3S. The van der Waals surface area contributed by atoms with Crippen LogP contribution < -0.4 is 10.9 Å². The molecule has 6 nitrogen and oxygen atoms in total. The summed E-state index contributed by atoms with van der Waals surface area (Å²) in [5.74, 6) is -0.917. The van der Waals surface area contributed by atoms with Gasteiger partial charge in [0.15, 0.2) is 5.78 Å². The van der Waals surface area contributed by atoms with Crippen LogP contribution in [-0.2, 0) is 6.42 Å². The lowest BCUT2D eigenvalue weighted by Gasteiger charge is -2.16. The van der Waals surface area contributed by atoms with Crippen molar-refractivity contribution < 1.29 is 14.0 Å². The molecule has 154 valence electrons. The van der Waals surface area contributed by atoms with E-state index in [4.69, 9.17) is 0 Å². The SMILES string of the molecule is Cc1nc(-c2ccc(F)cc2)sc1C(C)NC(=O)c1cc2c([nH]c1=O)CCCC2=O. The molecular weight excluding hydrogens is 405 g/mol. The van der Waals surface area contributed by atoms with Gasteiger partial charge in [0.2, 0.25) is 0 Å². The van der Waals surface area contributed by atoms with Crippen molar-refractivity contribution in [1.82, 2.24) is 15.3 Å². The number of H-pyrrole nitrogens is 1. The first-order valence-corrected chi connectivity index (χ1v) is 10.5.